The highest BCUT2D eigenvalue weighted by atomic mass is 15.0. The fourth-order valence-electron chi connectivity index (χ4n) is 9.21. The van der Waals surface area contributed by atoms with E-state index < -0.39 is 0 Å². The standard InChI is InChI=1S/C52H44N6/c1-3-5-27-57-47-13-9-7-11-39(47)41-29-33(15-25-49(41)57)51-43-21-17-35(53-43)31-37-19-23-45(55-37)52(46-24-20-38(56-46)32-36-18-22-44(51)54-36)34-16-26-50-42(30-34)40-12-8-10-14-48(40)58(50)28-6-4-2/h7-26,29-32,53,56H,3-6,27-28H2,1-2H3. The Morgan fingerprint density at radius 3 is 1.36 bits per heavy atom. The number of unbranched alkanes of at least 4 members (excludes halogenated alkanes) is 2. The van der Waals surface area contributed by atoms with Crippen LogP contribution in [0.1, 0.15) is 62.3 Å². The average Bonchev–Trinajstić information content (AvgIpc) is 4.13. The molecule has 0 aliphatic carbocycles. The number of para-hydroxylation sites is 2. The fraction of sp³-hybridized carbons (Fsp3) is 0.154. The first-order valence-corrected chi connectivity index (χ1v) is 20.8. The molecule has 9 aromatic rings. The number of aromatic nitrogens is 6. The second kappa shape index (κ2) is 13.9. The van der Waals surface area contributed by atoms with Crippen molar-refractivity contribution in [2.45, 2.75) is 52.6 Å². The summed E-state index contributed by atoms with van der Waals surface area (Å²) < 4.78 is 4.97. The van der Waals surface area contributed by atoms with Crippen molar-refractivity contribution in [3.05, 3.63) is 144 Å². The van der Waals surface area contributed by atoms with Gasteiger partial charge in [-0.25, -0.2) is 9.97 Å². The third-order valence-electron chi connectivity index (χ3n) is 12.0. The topological polar surface area (TPSA) is 67.2 Å². The molecule has 0 saturated heterocycles. The lowest BCUT2D eigenvalue weighted by Crippen LogP contribution is -1.96. The number of aromatic amines is 2. The number of nitrogens with one attached hydrogen (secondary N) is 2. The predicted molar refractivity (Wildman–Crippen MR) is 246 cm³/mol. The van der Waals surface area contributed by atoms with Crippen molar-refractivity contribution in [2.75, 3.05) is 0 Å². The highest BCUT2D eigenvalue weighted by Crippen LogP contribution is 2.38. The molecule has 11 rings (SSSR count). The maximum atomic E-state index is 5.26. The molecule has 5 aromatic heterocycles. The normalized spacial score (nSPS) is 12.6. The third kappa shape index (κ3) is 5.70. The third-order valence-corrected chi connectivity index (χ3v) is 12.0. The minimum atomic E-state index is 0.903. The van der Waals surface area contributed by atoms with Crippen molar-refractivity contribution in [3.8, 4) is 22.3 Å². The monoisotopic (exact) mass is 752 g/mol. The summed E-state index contributed by atoms with van der Waals surface area (Å²) in [5.74, 6) is 0. The predicted octanol–water partition coefficient (Wildman–Crippen LogP) is 13.8. The van der Waals surface area contributed by atoms with E-state index in [1.807, 2.05) is 0 Å². The SMILES string of the molecule is CCCCn1c2ccccc2c2cc(-c3c4nc(cc5ccc([nH]5)c(-c5ccc6c(c5)c5ccccc5n6CCCC)c5nc(cc6ccc3[nH]6)C=C5)C=C4)ccc21. The van der Waals surface area contributed by atoms with Crippen LogP contribution in [0.4, 0.5) is 0 Å². The van der Waals surface area contributed by atoms with Gasteiger partial charge in [0.2, 0.25) is 0 Å². The van der Waals surface area contributed by atoms with Gasteiger partial charge in [0.05, 0.1) is 22.8 Å². The Labute approximate surface area is 336 Å². The van der Waals surface area contributed by atoms with E-state index in [-0.39, 0.29) is 0 Å². The van der Waals surface area contributed by atoms with Gasteiger partial charge in [0.15, 0.2) is 0 Å². The lowest BCUT2D eigenvalue weighted by molar-refractivity contribution is 0.665. The summed E-state index contributed by atoms with van der Waals surface area (Å²) in [5.41, 5.74) is 17.2. The molecule has 282 valence electrons. The van der Waals surface area contributed by atoms with Crippen LogP contribution in [0.5, 0.6) is 0 Å². The summed E-state index contributed by atoms with van der Waals surface area (Å²) in [7, 11) is 0. The van der Waals surface area contributed by atoms with Gasteiger partial charge in [-0.15, -0.1) is 0 Å². The number of rotatable bonds is 8. The van der Waals surface area contributed by atoms with Crippen LogP contribution in [0.2, 0.25) is 0 Å². The lowest BCUT2D eigenvalue weighted by atomic mass is 10.0. The van der Waals surface area contributed by atoms with Crippen molar-refractivity contribution in [2.24, 2.45) is 0 Å². The van der Waals surface area contributed by atoms with E-state index in [1.165, 1.54) is 43.6 Å². The summed E-state index contributed by atoms with van der Waals surface area (Å²) in [6.07, 6.45) is 13.2. The summed E-state index contributed by atoms with van der Waals surface area (Å²) in [6, 6.07) is 44.4. The Kier molecular flexibility index (Phi) is 8.24. The Hall–Kier alpha value is -6.92. The molecule has 0 radical (unpaired) electrons. The molecule has 0 fully saturated rings. The van der Waals surface area contributed by atoms with Crippen LogP contribution in [0, 0.1) is 0 Å². The highest BCUT2D eigenvalue weighted by Gasteiger charge is 2.18. The van der Waals surface area contributed by atoms with Crippen LogP contribution in [0.3, 0.4) is 0 Å². The molecule has 2 aliphatic rings. The zero-order valence-corrected chi connectivity index (χ0v) is 32.9. The van der Waals surface area contributed by atoms with E-state index in [0.29, 0.717) is 0 Å². The molecule has 4 aromatic carbocycles. The fourth-order valence-corrected chi connectivity index (χ4v) is 9.21. The number of benzene rings is 4. The van der Waals surface area contributed by atoms with E-state index in [2.05, 4.69) is 179 Å². The second-order valence-corrected chi connectivity index (χ2v) is 15.7. The summed E-state index contributed by atoms with van der Waals surface area (Å²) in [5, 5.41) is 5.09. The van der Waals surface area contributed by atoms with Crippen LogP contribution in [-0.2, 0) is 13.1 Å². The first kappa shape index (κ1) is 34.3. The molecule has 7 heterocycles. The summed E-state index contributed by atoms with van der Waals surface area (Å²) in [4.78, 5) is 18.0. The van der Waals surface area contributed by atoms with Gasteiger partial charge in [0.1, 0.15) is 0 Å². The van der Waals surface area contributed by atoms with Gasteiger partial charge in [0.25, 0.3) is 0 Å². The molecule has 6 nitrogen and oxygen atoms in total. The first-order valence-electron chi connectivity index (χ1n) is 20.8. The highest BCUT2D eigenvalue weighted by molar-refractivity contribution is 6.11. The van der Waals surface area contributed by atoms with Crippen LogP contribution in [-0.4, -0.2) is 29.1 Å². The molecular weight excluding hydrogens is 709 g/mol. The smallest absolute Gasteiger partial charge is 0.0736 e. The summed E-state index contributed by atoms with van der Waals surface area (Å²) >= 11 is 0. The molecule has 2 N–H and O–H groups in total. The number of nitrogens with zero attached hydrogens (tertiary/aromatic N) is 4. The van der Waals surface area contributed by atoms with Crippen molar-refractivity contribution in [3.63, 3.8) is 0 Å². The Morgan fingerprint density at radius 2 is 0.897 bits per heavy atom. The molecule has 8 bridgehead atoms. The van der Waals surface area contributed by atoms with E-state index in [4.69, 9.17) is 9.97 Å². The largest absolute Gasteiger partial charge is 0.355 e. The van der Waals surface area contributed by atoms with Gasteiger partial charge in [-0.1, -0.05) is 75.2 Å². The molecule has 2 aliphatic heterocycles. The van der Waals surface area contributed by atoms with E-state index in [9.17, 15) is 0 Å². The Balaban J connectivity index is 1.12. The van der Waals surface area contributed by atoms with Crippen molar-refractivity contribution in [1.82, 2.24) is 29.1 Å². The van der Waals surface area contributed by atoms with E-state index in [1.54, 1.807) is 0 Å². The maximum Gasteiger partial charge on any atom is 0.0736 e. The molecule has 58 heavy (non-hydrogen) atoms. The Bertz CT molecular complexity index is 3100. The summed E-state index contributed by atoms with van der Waals surface area (Å²) in [6.45, 7) is 6.53. The Morgan fingerprint density at radius 1 is 0.448 bits per heavy atom. The number of hydrogen-bond donors (Lipinski definition) is 2. The number of fused-ring (bicyclic) bond motifs is 14. The number of hydrogen-bond acceptors (Lipinski definition) is 2. The average molecular weight is 753 g/mol. The van der Waals surface area contributed by atoms with Crippen LogP contribution >= 0.6 is 0 Å². The van der Waals surface area contributed by atoms with Crippen molar-refractivity contribution < 1.29 is 0 Å². The van der Waals surface area contributed by atoms with Gasteiger partial charge in [0, 0.05) is 89.9 Å². The van der Waals surface area contributed by atoms with Gasteiger partial charge in [-0.2, -0.15) is 0 Å². The second-order valence-electron chi connectivity index (χ2n) is 15.7. The van der Waals surface area contributed by atoms with Crippen molar-refractivity contribution in [1.29, 1.82) is 0 Å². The van der Waals surface area contributed by atoms with Gasteiger partial charge in [-0.05, 0) is 121 Å². The molecule has 0 unspecified atom stereocenters. The van der Waals surface area contributed by atoms with E-state index >= 15 is 0 Å². The molecule has 0 atom stereocenters. The molecular formula is C52H44N6. The lowest BCUT2D eigenvalue weighted by Gasteiger charge is -2.08. The van der Waals surface area contributed by atoms with Gasteiger partial charge >= 0.3 is 0 Å². The molecule has 0 spiro atoms. The minimum Gasteiger partial charge on any atom is -0.355 e. The minimum absolute atomic E-state index is 0.903. The first-order chi connectivity index (χ1) is 28.6. The molecule has 6 heteroatoms. The van der Waals surface area contributed by atoms with Crippen LogP contribution in [0.25, 0.3) is 112 Å². The molecule has 0 amide bonds. The van der Waals surface area contributed by atoms with Crippen LogP contribution < -0.4 is 0 Å². The number of aryl methyl sites for hydroxylation is 2. The number of H-pyrrole nitrogens is 2. The van der Waals surface area contributed by atoms with Gasteiger partial charge in [-0.3, -0.25) is 0 Å². The molecule has 0 saturated carbocycles. The quantitative estimate of drug-likeness (QED) is 0.162. The zero-order chi connectivity index (χ0) is 38.7. The maximum absolute atomic E-state index is 5.26. The van der Waals surface area contributed by atoms with E-state index in [0.717, 1.165) is 106 Å². The van der Waals surface area contributed by atoms with Crippen molar-refractivity contribution >= 4 is 90.0 Å². The van der Waals surface area contributed by atoms with Gasteiger partial charge < -0.3 is 19.1 Å². The zero-order valence-electron chi connectivity index (χ0n) is 32.9. The van der Waals surface area contributed by atoms with Crippen LogP contribution in [0.15, 0.2) is 121 Å².